The highest BCUT2D eigenvalue weighted by Crippen LogP contribution is 2.24. The first-order chi connectivity index (χ1) is 14.0. The van der Waals surface area contributed by atoms with Gasteiger partial charge in [0.1, 0.15) is 0 Å². The predicted molar refractivity (Wildman–Crippen MR) is 112 cm³/mol. The molecular formula is C20H22N4O3S2. The minimum absolute atomic E-state index is 0.167. The minimum atomic E-state index is -3.51. The van der Waals surface area contributed by atoms with Crippen LogP contribution in [0.25, 0.3) is 10.2 Å². The summed E-state index contributed by atoms with van der Waals surface area (Å²) < 4.78 is 29.9. The lowest BCUT2D eigenvalue weighted by molar-refractivity contribution is -0.126. The molecule has 1 aromatic heterocycles. The Hall–Kier alpha value is -2.49. The molecule has 1 saturated heterocycles. The summed E-state index contributed by atoms with van der Waals surface area (Å²) in [7, 11) is -1.60. The van der Waals surface area contributed by atoms with Crippen molar-refractivity contribution in [3.05, 3.63) is 59.4 Å². The normalized spacial score (nSPS) is 16.9. The fourth-order valence-electron chi connectivity index (χ4n) is 3.48. The standard InChI is InChI=1S/C20H22N4O3S2/c1-23-17-9-5-6-10-18(17)28-20(23)22-21-19(25)15-11-13-24(14-12-15)29(26,27)16-7-3-2-4-8-16/h2-10,15H,11-14H2,1H3,(H,21,25)/b22-20+. The zero-order chi connectivity index (χ0) is 20.4. The van der Waals surface area contributed by atoms with Crippen LogP contribution in [0.5, 0.6) is 0 Å². The Balaban J connectivity index is 1.41. The molecule has 0 bridgehead atoms. The fourth-order valence-corrected chi connectivity index (χ4v) is 5.95. The van der Waals surface area contributed by atoms with E-state index < -0.39 is 10.0 Å². The van der Waals surface area contributed by atoms with Crippen LogP contribution in [-0.2, 0) is 21.9 Å². The molecule has 0 spiro atoms. The molecule has 0 atom stereocenters. The highest BCUT2D eigenvalue weighted by atomic mass is 32.2. The quantitative estimate of drug-likeness (QED) is 0.645. The van der Waals surface area contributed by atoms with E-state index in [1.54, 1.807) is 30.3 Å². The topological polar surface area (TPSA) is 83.8 Å². The number of carbonyl (C=O) groups is 1. The molecule has 1 aliphatic heterocycles. The van der Waals surface area contributed by atoms with Crippen molar-refractivity contribution >= 4 is 37.5 Å². The van der Waals surface area contributed by atoms with E-state index in [2.05, 4.69) is 10.5 Å². The highest BCUT2D eigenvalue weighted by molar-refractivity contribution is 7.89. The van der Waals surface area contributed by atoms with Gasteiger partial charge in [-0.25, -0.2) is 13.8 Å². The molecule has 29 heavy (non-hydrogen) atoms. The van der Waals surface area contributed by atoms with E-state index >= 15 is 0 Å². The Kier molecular flexibility index (Phi) is 5.53. The van der Waals surface area contributed by atoms with Gasteiger partial charge in [-0.2, -0.15) is 4.31 Å². The fraction of sp³-hybridized carbons (Fsp3) is 0.300. The molecule has 0 saturated carbocycles. The van der Waals surface area contributed by atoms with Gasteiger partial charge in [0.25, 0.3) is 0 Å². The number of benzene rings is 2. The summed E-state index contributed by atoms with van der Waals surface area (Å²) in [6.45, 7) is 0.651. The average Bonchev–Trinajstić information content (AvgIpc) is 3.08. The number of nitrogens with zero attached hydrogens (tertiary/aromatic N) is 3. The number of hydrogen-bond donors (Lipinski definition) is 1. The van der Waals surface area contributed by atoms with E-state index in [0.29, 0.717) is 30.7 Å². The van der Waals surface area contributed by atoms with Gasteiger partial charge in [0.2, 0.25) is 20.7 Å². The van der Waals surface area contributed by atoms with Gasteiger partial charge in [0.05, 0.1) is 15.1 Å². The van der Waals surface area contributed by atoms with Gasteiger partial charge in [-0.15, -0.1) is 5.10 Å². The number of amides is 1. The van der Waals surface area contributed by atoms with Crippen molar-refractivity contribution in [2.75, 3.05) is 13.1 Å². The molecule has 9 heteroatoms. The first-order valence-electron chi connectivity index (χ1n) is 9.40. The number of aryl methyl sites for hydroxylation is 1. The second-order valence-corrected chi connectivity index (χ2v) is 9.94. The Morgan fingerprint density at radius 3 is 2.41 bits per heavy atom. The lowest BCUT2D eigenvalue weighted by Crippen LogP contribution is -2.42. The maximum atomic E-state index is 12.7. The average molecular weight is 431 g/mol. The first kappa shape index (κ1) is 19.8. The summed E-state index contributed by atoms with van der Waals surface area (Å²) in [5, 5.41) is 4.28. The Morgan fingerprint density at radius 2 is 1.72 bits per heavy atom. The van der Waals surface area contributed by atoms with Crippen molar-refractivity contribution in [2.24, 2.45) is 18.1 Å². The van der Waals surface area contributed by atoms with Crippen molar-refractivity contribution in [3.63, 3.8) is 0 Å². The molecule has 1 aliphatic rings. The monoisotopic (exact) mass is 430 g/mol. The molecule has 3 aromatic rings. The third-order valence-corrected chi connectivity index (χ3v) is 8.21. The molecule has 152 valence electrons. The number of nitrogens with one attached hydrogen (secondary N) is 1. The smallest absolute Gasteiger partial charge is 0.243 e. The van der Waals surface area contributed by atoms with Gasteiger partial charge < -0.3 is 4.57 Å². The molecule has 2 aromatic carbocycles. The number of sulfonamides is 1. The van der Waals surface area contributed by atoms with Crippen molar-refractivity contribution < 1.29 is 13.2 Å². The molecule has 1 amide bonds. The molecule has 7 nitrogen and oxygen atoms in total. The molecule has 0 aliphatic carbocycles. The maximum absolute atomic E-state index is 12.7. The maximum Gasteiger partial charge on any atom is 0.243 e. The van der Waals surface area contributed by atoms with Gasteiger partial charge >= 0.3 is 0 Å². The summed E-state index contributed by atoms with van der Waals surface area (Å²) in [6.07, 6.45) is 0.956. The van der Waals surface area contributed by atoms with Gasteiger partial charge in [0, 0.05) is 26.1 Å². The van der Waals surface area contributed by atoms with Crippen molar-refractivity contribution in [3.8, 4) is 0 Å². The van der Waals surface area contributed by atoms with Gasteiger partial charge in [-0.05, 0) is 37.1 Å². The number of hydrogen-bond acceptors (Lipinski definition) is 5. The van der Waals surface area contributed by atoms with E-state index in [1.165, 1.54) is 15.6 Å². The molecule has 1 N–H and O–H groups in total. The van der Waals surface area contributed by atoms with Gasteiger partial charge in [-0.3, -0.25) is 4.79 Å². The van der Waals surface area contributed by atoms with E-state index in [4.69, 9.17) is 0 Å². The summed E-state index contributed by atoms with van der Waals surface area (Å²) in [5.74, 6) is -0.417. The Labute approximate surface area is 173 Å². The van der Waals surface area contributed by atoms with Crippen molar-refractivity contribution in [1.29, 1.82) is 0 Å². The molecular weight excluding hydrogens is 408 g/mol. The van der Waals surface area contributed by atoms with E-state index in [0.717, 1.165) is 10.2 Å². The first-order valence-corrected chi connectivity index (χ1v) is 11.7. The van der Waals surface area contributed by atoms with Crippen LogP contribution in [0, 0.1) is 5.92 Å². The number of para-hydroxylation sites is 1. The van der Waals surface area contributed by atoms with Crippen LogP contribution >= 0.6 is 11.3 Å². The number of aromatic nitrogens is 1. The van der Waals surface area contributed by atoms with E-state index in [9.17, 15) is 13.2 Å². The van der Waals surface area contributed by atoms with Crippen LogP contribution in [-0.4, -0.2) is 36.3 Å². The zero-order valence-corrected chi connectivity index (χ0v) is 17.6. The summed E-state index contributed by atoms with van der Waals surface area (Å²) in [4.78, 5) is 13.5. The lowest BCUT2D eigenvalue weighted by Gasteiger charge is -2.30. The minimum Gasteiger partial charge on any atom is -0.318 e. The van der Waals surface area contributed by atoms with Crippen LogP contribution in [0.4, 0.5) is 0 Å². The highest BCUT2D eigenvalue weighted by Gasteiger charge is 2.31. The number of piperidine rings is 1. The molecule has 4 rings (SSSR count). The third-order valence-electron chi connectivity index (χ3n) is 5.18. The number of rotatable bonds is 4. The van der Waals surface area contributed by atoms with Crippen LogP contribution < -0.4 is 10.2 Å². The SMILES string of the molecule is Cn1/c(=N\NC(=O)C2CCN(S(=O)(=O)c3ccccc3)CC2)sc2ccccc21. The Bertz CT molecular complexity index is 1190. The zero-order valence-electron chi connectivity index (χ0n) is 16.0. The van der Waals surface area contributed by atoms with Crippen LogP contribution in [0.3, 0.4) is 0 Å². The Morgan fingerprint density at radius 1 is 1.07 bits per heavy atom. The molecule has 2 heterocycles. The third kappa shape index (κ3) is 3.98. The van der Waals surface area contributed by atoms with Crippen LogP contribution in [0.1, 0.15) is 12.8 Å². The molecule has 1 fully saturated rings. The molecule has 0 radical (unpaired) electrons. The van der Waals surface area contributed by atoms with E-state index in [-0.39, 0.29) is 16.7 Å². The predicted octanol–water partition coefficient (Wildman–Crippen LogP) is 2.27. The lowest BCUT2D eigenvalue weighted by atomic mass is 9.98. The summed E-state index contributed by atoms with van der Waals surface area (Å²) >= 11 is 1.51. The van der Waals surface area contributed by atoms with Gasteiger partial charge in [0.15, 0.2) is 0 Å². The second kappa shape index (κ2) is 8.10. The van der Waals surface area contributed by atoms with Crippen molar-refractivity contribution in [1.82, 2.24) is 14.3 Å². The largest absolute Gasteiger partial charge is 0.318 e. The molecule has 0 unspecified atom stereocenters. The van der Waals surface area contributed by atoms with Gasteiger partial charge in [-0.1, -0.05) is 41.7 Å². The second-order valence-electron chi connectivity index (χ2n) is 6.99. The number of thiazole rings is 1. The van der Waals surface area contributed by atoms with E-state index in [1.807, 2.05) is 35.9 Å². The van der Waals surface area contributed by atoms with Crippen molar-refractivity contribution in [2.45, 2.75) is 17.7 Å². The van der Waals surface area contributed by atoms with Crippen LogP contribution in [0.15, 0.2) is 64.6 Å². The summed E-state index contributed by atoms with van der Waals surface area (Å²) in [5.41, 5.74) is 3.72. The number of fused-ring (bicyclic) bond motifs is 1. The summed E-state index contributed by atoms with van der Waals surface area (Å²) in [6, 6.07) is 16.4. The van der Waals surface area contributed by atoms with Crippen LogP contribution in [0.2, 0.25) is 0 Å². The number of carbonyl (C=O) groups excluding carboxylic acids is 1.